The third-order valence-corrected chi connectivity index (χ3v) is 5.82. The molecule has 1 saturated carbocycles. The summed E-state index contributed by atoms with van der Waals surface area (Å²) in [7, 11) is 3.32. The maximum absolute atomic E-state index is 12.6. The highest BCUT2D eigenvalue weighted by Crippen LogP contribution is 2.27. The normalized spacial score (nSPS) is 19.6. The molecule has 0 bridgehead atoms. The number of likely N-dealkylation sites (tertiary alicyclic amines) is 1. The van der Waals surface area contributed by atoms with Crippen LogP contribution in [-0.2, 0) is 4.79 Å². The number of carbonyl (C=O) groups excluding carboxylic acids is 2. The van der Waals surface area contributed by atoms with Gasteiger partial charge in [0.15, 0.2) is 5.96 Å². The first-order valence-electron chi connectivity index (χ1n) is 10.8. The van der Waals surface area contributed by atoms with Gasteiger partial charge in [-0.1, -0.05) is 12.8 Å². The Morgan fingerprint density at radius 3 is 2.47 bits per heavy atom. The fourth-order valence-electron chi connectivity index (χ4n) is 4.10. The molecule has 0 radical (unpaired) electrons. The molecule has 0 aromatic heterocycles. The quantitative estimate of drug-likeness (QED) is 0.355. The van der Waals surface area contributed by atoms with Crippen LogP contribution in [0.1, 0.15) is 42.5 Å². The minimum Gasteiger partial charge on any atom is -0.497 e. The van der Waals surface area contributed by atoms with E-state index in [0.717, 1.165) is 38.1 Å². The summed E-state index contributed by atoms with van der Waals surface area (Å²) in [6, 6.07) is 7.21. The van der Waals surface area contributed by atoms with Crippen molar-refractivity contribution in [2.45, 2.75) is 38.1 Å². The van der Waals surface area contributed by atoms with Gasteiger partial charge in [-0.05, 0) is 43.5 Å². The second-order valence-corrected chi connectivity index (χ2v) is 7.88. The predicted octanol–water partition coefficient (Wildman–Crippen LogP) is 1.38. The van der Waals surface area contributed by atoms with E-state index in [1.54, 1.807) is 38.4 Å². The summed E-state index contributed by atoms with van der Waals surface area (Å²) in [5, 5.41) is 9.50. The van der Waals surface area contributed by atoms with Crippen LogP contribution in [-0.4, -0.2) is 69.1 Å². The molecule has 1 saturated heterocycles. The monoisotopic (exact) mass is 415 g/mol. The van der Waals surface area contributed by atoms with Gasteiger partial charge in [0.25, 0.3) is 5.91 Å². The van der Waals surface area contributed by atoms with Crippen molar-refractivity contribution in [3.8, 4) is 5.75 Å². The highest BCUT2D eigenvalue weighted by molar-refractivity contribution is 5.94. The van der Waals surface area contributed by atoms with Crippen LogP contribution in [0.4, 0.5) is 0 Å². The number of aliphatic imine (C=N–C) groups is 1. The summed E-state index contributed by atoms with van der Waals surface area (Å²) in [6.07, 6.45) is 5.36. The minimum absolute atomic E-state index is 0.126. The Hall–Kier alpha value is -2.77. The smallest absolute Gasteiger partial charge is 0.251 e. The zero-order valence-electron chi connectivity index (χ0n) is 17.9. The number of ether oxygens (including phenoxy) is 1. The Kier molecular flexibility index (Phi) is 7.93. The van der Waals surface area contributed by atoms with Gasteiger partial charge in [0.1, 0.15) is 5.75 Å². The molecule has 0 spiro atoms. The molecule has 1 aliphatic heterocycles. The van der Waals surface area contributed by atoms with Gasteiger partial charge >= 0.3 is 0 Å². The molecule has 30 heavy (non-hydrogen) atoms. The molecule has 164 valence electrons. The SMILES string of the molecule is CN=C(NCCNC(=O)c1ccc(OC)cc1)NC1CCN(C(=O)C2CCCC2)C1. The van der Waals surface area contributed by atoms with Gasteiger partial charge in [-0.15, -0.1) is 0 Å². The summed E-state index contributed by atoms with van der Waals surface area (Å²) >= 11 is 0. The van der Waals surface area contributed by atoms with Crippen molar-refractivity contribution in [1.29, 1.82) is 0 Å². The lowest BCUT2D eigenvalue weighted by atomic mass is 10.1. The number of hydrogen-bond donors (Lipinski definition) is 3. The molecule has 2 amide bonds. The summed E-state index contributed by atoms with van der Waals surface area (Å²) < 4.78 is 5.10. The van der Waals surface area contributed by atoms with Crippen LogP contribution in [0.2, 0.25) is 0 Å². The number of amides is 2. The zero-order chi connectivity index (χ0) is 21.3. The number of rotatable bonds is 7. The van der Waals surface area contributed by atoms with Gasteiger partial charge in [-0.2, -0.15) is 0 Å². The lowest BCUT2D eigenvalue weighted by Crippen LogP contribution is -2.47. The van der Waals surface area contributed by atoms with Crippen LogP contribution in [0.3, 0.4) is 0 Å². The van der Waals surface area contributed by atoms with Crippen LogP contribution in [0.15, 0.2) is 29.3 Å². The Bertz CT molecular complexity index is 744. The van der Waals surface area contributed by atoms with Crippen molar-refractivity contribution in [3.05, 3.63) is 29.8 Å². The number of methoxy groups -OCH3 is 1. The maximum Gasteiger partial charge on any atom is 0.251 e. The van der Waals surface area contributed by atoms with Crippen molar-refractivity contribution in [3.63, 3.8) is 0 Å². The Balaban J connectivity index is 1.35. The van der Waals surface area contributed by atoms with Crippen LogP contribution in [0.5, 0.6) is 5.75 Å². The summed E-state index contributed by atoms with van der Waals surface area (Å²) in [6.45, 7) is 2.56. The summed E-state index contributed by atoms with van der Waals surface area (Å²) in [5.74, 6) is 1.84. The second kappa shape index (κ2) is 10.8. The molecule has 1 aromatic rings. The molecule has 1 atom stereocenters. The van der Waals surface area contributed by atoms with Crippen LogP contribution in [0.25, 0.3) is 0 Å². The summed E-state index contributed by atoms with van der Waals surface area (Å²) in [4.78, 5) is 31.0. The molecular weight excluding hydrogens is 382 g/mol. The minimum atomic E-state index is -0.126. The van der Waals surface area contributed by atoms with Gasteiger partial charge in [0, 0.05) is 50.7 Å². The topological polar surface area (TPSA) is 95.1 Å². The van der Waals surface area contributed by atoms with Gasteiger partial charge in [0.2, 0.25) is 5.91 Å². The summed E-state index contributed by atoms with van der Waals surface area (Å²) in [5.41, 5.74) is 0.594. The largest absolute Gasteiger partial charge is 0.497 e. The highest BCUT2D eigenvalue weighted by atomic mass is 16.5. The van der Waals surface area contributed by atoms with Gasteiger partial charge in [0.05, 0.1) is 7.11 Å². The van der Waals surface area contributed by atoms with E-state index in [1.165, 1.54) is 12.8 Å². The third-order valence-electron chi connectivity index (χ3n) is 5.82. The highest BCUT2D eigenvalue weighted by Gasteiger charge is 2.32. The molecule has 2 aliphatic rings. The average Bonchev–Trinajstić information content (AvgIpc) is 3.47. The van der Waals surface area contributed by atoms with Crippen LogP contribution >= 0.6 is 0 Å². The molecular formula is C22H33N5O3. The molecule has 8 heteroatoms. The lowest BCUT2D eigenvalue weighted by Gasteiger charge is -2.21. The molecule has 3 rings (SSSR count). The number of hydrogen-bond acceptors (Lipinski definition) is 4. The van der Waals surface area contributed by atoms with E-state index in [-0.39, 0.29) is 17.9 Å². The molecule has 1 aromatic carbocycles. The number of benzene rings is 1. The number of nitrogens with one attached hydrogen (secondary N) is 3. The van der Waals surface area contributed by atoms with Crippen LogP contribution < -0.4 is 20.7 Å². The standard InChI is InChI=1S/C22H33N5O3/c1-23-22(25-13-12-24-20(28)16-7-9-19(30-2)10-8-16)26-18-11-14-27(15-18)21(29)17-5-3-4-6-17/h7-10,17-18H,3-6,11-15H2,1-2H3,(H,24,28)(H2,23,25,26). The van der Waals surface area contributed by atoms with E-state index < -0.39 is 0 Å². The van der Waals surface area contributed by atoms with Crippen molar-refractivity contribution >= 4 is 17.8 Å². The first kappa shape index (κ1) is 21.9. The lowest BCUT2D eigenvalue weighted by molar-refractivity contribution is -0.134. The molecule has 1 unspecified atom stereocenters. The number of carbonyl (C=O) groups is 2. The second-order valence-electron chi connectivity index (χ2n) is 7.88. The fourth-order valence-corrected chi connectivity index (χ4v) is 4.10. The Morgan fingerprint density at radius 2 is 1.80 bits per heavy atom. The maximum atomic E-state index is 12.6. The van der Waals surface area contributed by atoms with Crippen molar-refractivity contribution in [2.24, 2.45) is 10.9 Å². The van der Waals surface area contributed by atoms with E-state index in [2.05, 4.69) is 20.9 Å². The van der Waals surface area contributed by atoms with E-state index in [0.29, 0.717) is 30.5 Å². The molecule has 1 heterocycles. The zero-order valence-corrected chi connectivity index (χ0v) is 17.9. The Labute approximate surface area is 178 Å². The average molecular weight is 416 g/mol. The van der Waals surface area contributed by atoms with E-state index in [4.69, 9.17) is 4.74 Å². The van der Waals surface area contributed by atoms with Gasteiger partial charge < -0.3 is 25.6 Å². The van der Waals surface area contributed by atoms with E-state index in [1.807, 2.05) is 4.90 Å². The van der Waals surface area contributed by atoms with Gasteiger partial charge in [-0.3, -0.25) is 14.6 Å². The van der Waals surface area contributed by atoms with Crippen molar-refractivity contribution in [1.82, 2.24) is 20.9 Å². The Morgan fingerprint density at radius 1 is 1.10 bits per heavy atom. The van der Waals surface area contributed by atoms with Crippen molar-refractivity contribution in [2.75, 3.05) is 40.3 Å². The predicted molar refractivity (Wildman–Crippen MR) is 117 cm³/mol. The third kappa shape index (κ3) is 5.87. The molecule has 2 fully saturated rings. The number of nitrogens with zero attached hydrogens (tertiary/aromatic N) is 2. The van der Waals surface area contributed by atoms with E-state index >= 15 is 0 Å². The fraction of sp³-hybridized carbons (Fsp3) is 0.591. The van der Waals surface area contributed by atoms with E-state index in [9.17, 15) is 9.59 Å². The number of guanidine groups is 1. The molecule has 3 N–H and O–H groups in total. The van der Waals surface area contributed by atoms with Crippen LogP contribution in [0, 0.1) is 5.92 Å². The first-order valence-corrected chi connectivity index (χ1v) is 10.8. The first-order chi connectivity index (χ1) is 14.6. The molecule has 8 nitrogen and oxygen atoms in total. The van der Waals surface area contributed by atoms with Crippen molar-refractivity contribution < 1.29 is 14.3 Å². The molecule has 1 aliphatic carbocycles. The van der Waals surface area contributed by atoms with Gasteiger partial charge in [-0.25, -0.2) is 0 Å².